The van der Waals surface area contributed by atoms with Crippen LogP contribution in [0.25, 0.3) is 0 Å². The van der Waals surface area contributed by atoms with Gasteiger partial charge in [0.15, 0.2) is 0 Å². The molecule has 0 amide bonds. The lowest BCUT2D eigenvalue weighted by Gasteiger charge is -2.31. The molecule has 0 saturated carbocycles. The summed E-state index contributed by atoms with van der Waals surface area (Å²) in [5.41, 5.74) is -0.341. The zero-order valence-electron chi connectivity index (χ0n) is 8.73. The van der Waals surface area contributed by atoms with Crippen LogP contribution in [0.3, 0.4) is 0 Å². The molecule has 0 bridgehead atoms. The topological polar surface area (TPSA) is 69.2 Å². The van der Waals surface area contributed by atoms with Crippen LogP contribution in [0.1, 0.15) is 11.9 Å². The molecule has 1 aromatic rings. The normalized spacial score (nSPS) is 22.2. The summed E-state index contributed by atoms with van der Waals surface area (Å²) in [5.74, 6) is 2.24. The zero-order valence-corrected chi connectivity index (χ0v) is 11.1. The summed E-state index contributed by atoms with van der Waals surface area (Å²) in [6, 6.07) is 0.0606. The van der Waals surface area contributed by atoms with Gasteiger partial charge in [-0.3, -0.25) is 9.69 Å². The maximum absolute atomic E-state index is 11.5. The molecule has 1 aliphatic heterocycles. The first-order chi connectivity index (χ1) is 7.59. The van der Waals surface area contributed by atoms with Gasteiger partial charge >= 0.3 is 0 Å². The van der Waals surface area contributed by atoms with E-state index in [0.29, 0.717) is 5.82 Å². The number of rotatable bonds is 1. The van der Waals surface area contributed by atoms with Gasteiger partial charge < -0.3 is 10.1 Å². The molecule has 0 aliphatic carbocycles. The van der Waals surface area contributed by atoms with Crippen LogP contribution in [0.2, 0.25) is 0 Å². The molecule has 5 nitrogen and oxygen atoms in total. The lowest BCUT2D eigenvalue weighted by molar-refractivity contribution is 0.261. The van der Waals surface area contributed by atoms with E-state index in [4.69, 9.17) is 0 Å². The number of aromatic hydroxyl groups is 1. The van der Waals surface area contributed by atoms with E-state index in [9.17, 15) is 9.90 Å². The summed E-state index contributed by atoms with van der Waals surface area (Å²) in [6.07, 6.45) is 0. The van der Waals surface area contributed by atoms with Crippen molar-refractivity contribution >= 4 is 27.7 Å². The first-order valence-corrected chi connectivity index (χ1v) is 6.81. The molecular weight excluding hydrogens is 294 g/mol. The number of hydrogen-bond acceptors (Lipinski definition) is 5. The molecule has 2 N–H and O–H groups in total. The monoisotopic (exact) mass is 305 g/mol. The van der Waals surface area contributed by atoms with Crippen LogP contribution >= 0.6 is 27.7 Å². The van der Waals surface area contributed by atoms with Crippen LogP contribution < -0.4 is 5.56 Å². The summed E-state index contributed by atoms with van der Waals surface area (Å²) < 4.78 is 0.0855. The maximum atomic E-state index is 11.5. The standard InChI is InChI=1S/C9H12BrN3O2S/c1-13-2-3-16-4-5(13)7-11-8(14)6(10)9(15)12-7/h5H,2-4H2,1H3,(H2,11,12,14,15). The Kier molecular flexibility index (Phi) is 3.56. The molecule has 1 atom stereocenters. The van der Waals surface area contributed by atoms with E-state index in [-0.39, 0.29) is 22.0 Å². The minimum absolute atomic E-state index is 0.0606. The third-order valence-electron chi connectivity index (χ3n) is 2.58. The Morgan fingerprint density at radius 1 is 1.69 bits per heavy atom. The van der Waals surface area contributed by atoms with Gasteiger partial charge in [-0.1, -0.05) is 0 Å². The molecule has 1 saturated heterocycles. The minimum atomic E-state index is -0.341. The van der Waals surface area contributed by atoms with Gasteiger partial charge in [0, 0.05) is 18.1 Å². The number of nitrogens with zero attached hydrogens (tertiary/aromatic N) is 2. The number of halogens is 1. The molecule has 1 aliphatic rings. The number of hydrogen-bond donors (Lipinski definition) is 2. The number of aromatic nitrogens is 2. The smallest absolute Gasteiger partial charge is 0.269 e. The highest BCUT2D eigenvalue weighted by Gasteiger charge is 2.24. The highest BCUT2D eigenvalue weighted by atomic mass is 79.9. The van der Waals surface area contributed by atoms with Crippen molar-refractivity contribution in [1.29, 1.82) is 0 Å². The Morgan fingerprint density at radius 2 is 2.44 bits per heavy atom. The Morgan fingerprint density at radius 3 is 3.06 bits per heavy atom. The SMILES string of the molecule is CN1CCSCC1c1nc(O)c(Br)c(=O)[nH]1. The second kappa shape index (κ2) is 4.77. The maximum Gasteiger partial charge on any atom is 0.269 e. The number of H-pyrrole nitrogens is 1. The van der Waals surface area contributed by atoms with Crippen molar-refractivity contribution in [3.63, 3.8) is 0 Å². The van der Waals surface area contributed by atoms with Gasteiger partial charge in [-0.25, -0.2) is 0 Å². The van der Waals surface area contributed by atoms with Gasteiger partial charge in [-0.05, 0) is 23.0 Å². The fourth-order valence-corrected chi connectivity index (χ4v) is 3.00. The summed E-state index contributed by atoms with van der Waals surface area (Å²) in [6.45, 7) is 0.954. The molecule has 2 rings (SSSR count). The fraction of sp³-hybridized carbons (Fsp3) is 0.556. The van der Waals surface area contributed by atoms with Crippen molar-refractivity contribution in [2.75, 3.05) is 25.1 Å². The minimum Gasteiger partial charge on any atom is -0.492 e. The Labute approximate surface area is 105 Å². The van der Waals surface area contributed by atoms with Gasteiger partial charge in [-0.15, -0.1) is 0 Å². The predicted octanol–water partition coefficient (Wildman–Crippen LogP) is 0.958. The predicted molar refractivity (Wildman–Crippen MR) is 66.9 cm³/mol. The van der Waals surface area contributed by atoms with Gasteiger partial charge in [0.25, 0.3) is 5.56 Å². The van der Waals surface area contributed by atoms with Crippen LogP contribution in [0, 0.1) is 0 Å². The van der Waals surface area contributed by atoms with Crippen molar-refractivity contribution in [3.8, 4) is 5.88 Å². The molecule has 88 valence electrons. The van der Waals surface area contributed by atoms with Crippen LogP contribution in [-0.2, 0) is 0 Å². The third-order valence-corrected chi connectivity index (χ3v) is 4.31. The van der Waals surface area contributed by atoms with Crippen molar-refractivity contribution in [3.05, 3.63) is 20.7 Å². The molecule has 0 aromatic carbocycles. The number of nitrogens with one attached hydrogen (secondary N) is 1. The van der Waals surface area contributed by atoms with Gasteiger partial charge in [0.05, 0.1) is 6.04 Å². The van der Waals surface area contributed by atoms with Crippen molar-refractivity contribution in [2.45, 2.75) is 6.04 Å². The fourth-order valence-electron chi connectivity index (χ4n) is 1.60. The Hall–Kier alpha value is -0.530. The lowest BCUT2D eigenvalue weighted by Crippen LogP contribution is -2.34. The summed E-state index contributed by atoms with van der Waals surface area (Å²) in [4.78, 5) is 20.3. The largest absolute Gasteiger partial charge is 0.492 e. The van der Waals surface area contributed by atoms with E-state index in [1.807, 2.05) is 18.8 Å². The van der Waals surface area contributed by atoms with Crippen LogP contribution in [0.5, 0.6) is 5.88 Å². The highest BCUT2D eigenvalue weighted by molar-refractivity contribution is 9.10. The van der Waals surface area contributed by atoms with E-state index < -0.39 is 0 Å². The number of aromatic amines is 1. The van der Waals surface area contributed by atoms with Gasteiger partial charge in [0.1, 0.15) is 10.3 Å². The average Bonchev–Trinajstić information content (AvgIpc) is 2.26. The van der Waals surface area contributed by atoms with Crippen molar-refractivity contribution in [1.82, 2.24) is 14.9 Å². The first-order valence-electron chi connectivity index (χ1n) is 4.86. The Balaban J connectivity index is 2.36. The second-order valence-electron chi connectivity index (χ2n) is 3.66. The van der Waals surface area contributed by atoms with E-state index in [1.165, 1.54) is 0 Å². The molecule has 1 fully saturated rings. The molecule has 0 spiro atoms. The quantitative estimate of drug-likeness (QED) is 0.809. The molecule has 1 unspecified atom stereocenters. The van der Waals surface area contributed by atoms with Gasteiger partial charge in [0.2, 0.25) is 5.88 Å². The van der Waals surface area contributed by atoms with E-state index in [1.54, 1.807) is 0 Å². The first kappa shape index (κ1) is 11.9. The number of thioether (sulfide) groups is 1. The third kappa shape index (κ3) is 2.26. The lowest BCUT2D eigenvalue weighted by atomic mass is 10.2. The van der Waals surface area contributed by atoms with Crippen molar-refractivity contribution in [2.24, 2.45) is 0 Å². The zero-order chi connectivity index (χ0) is 11.7. The van der Waals surface area contributed by atoms with Crippen molar-refractivity contribution < 1.29 is 5.11 Å². The van der Waals surface area contributed by atoms with E-state index in [0.717, 1.165) is 18.1 Å². The van der Waals surface area contributed by atoms with E-state index in [2.05, 4.69) is 30.8 Å². The highest BCUT2D eigenvalue weighted by Crippen LogP contribution is 2.27. The molecule has 1 aromatic heterocycles. The Bertz CT molecular complexity index is 451. The molecule has 2 heterocycles. The van der Waals surface area contributed by atoms with E-state index >= 15 is 0 Å². The van der Waals surface area contributed by atoms with Crippen LogP contribution in [-0.4, -0.2) is 45.1 Å². The average molecular weight is 306 g/mol. The summed E-state index contributed by atoms with van der Waals surface area (Å²) >= 11 is 4.80. The molecule has 16 heavy (non-hydrogen) atoms. The van der Waals surface area contributed by atoms with Crippen LogP contribution in [0.15, 0.2) is 9.27 Å². The van der Waals surface area contributed by atoms with Gasteiger partial charge in [-0.2, -0.15) is 16.7 Å². The second-order valence-corrected chi connectivity index (χ2v) is 5.60. The summed E-state index contributed by atoms with van der Waals surface area (Å²) in [7, 11) is 1.99. The molecular formula is C9H12BrN3O2S. The molecule has 0 radical (unpaired) electrons. The van der Waals surface area contributed by atoms with Crippen LogP contribution in [0.4, 0.5) is 0 Å². The summed E-state index contributed by atoms with van der Waals surface area (Å²) in [5, 5.41) is 9.49. The molecule has 7 heteroatoms.